The van der Waals surface area contributed by atoms with E-state index in [-0.39, 0.29) is 11.8 Å². The number of rotatable bonds is 6. The normalized spacial score (nSPS) is 13.2. The number of amides is 1. The summed E-state index contributed by atoms with van der Waals surface area (Å²) in [6, 6.07) is 2.93. The van der Waals surface area contributed by atoms with E-state index in [1.54, 1.807) is 21.0 Å². The van der Waals surface area contributed by atoms with Crippen molar-refractivity contribution in [3.63, 3.8) is 0 Å². The molecule has 0 saturated carbocycles. The number of likely N-dealkylation sites (N-methyl/N-ethyl adjacent to an activating group) is 1. The second-order valence-corrected chi connectivity index (χ2v) is 7.65. The Morgan fingerprint density at radius 1 is 1.32 bits per heavy atom. The van der Waals surface area contributed by atoms with Gasteiger partial charge in [-0.1, -0.05) is 19.9 Å². The van der Waals surface area contributed by atoms with E-state index >= 15 is 0 Å². The smallest absolute Gasteiger partial charge is 0.244 e. The Morgan fingerprint density at radius 3 is 2.41 bits per heavy atom. The topological polar surface area (TPSA) is 66.5 Å². The highest BCUT2D eigenvalue weighted by atomic mass is 32.2. The van der Waals surface area contributed by atoms with Crippen LogP contribution < -0.4 is 4.72 Å². The van der Waals surface area contributed by atoms with Gasteiger partial charge < -0.3 is 4.90 Å². The third kappa shape index (κ3) is 4.78. The zero-order valence-electron chi connectivity index (χ0n) is 13.6. The van der Waals surface area contributed by atoms with Gasteiger partial charge in [-0.3, -0.25) is 4.79 Å². The summed E-state index contributed by atoms with van der Waals surface area (Å²) in [7, 11) is -1.00. The summed E-state index contributed by atoms with van der Waals surface area (Å²) in [5, 5.41) is 0. The molecule has 22 heavy (non-hydrogen) atoms. The van der Waals surface area contributed by atoms with E-state index in [2.05, 4.69) is 4.72 Å². The van der Waals surface area contributed by atoms with E-state index in [1.807, 2.05) is 13.8 Å². The summed E-state index contributed by atoms with van der Waals surface area (Å²) in [5.74, 6) is -1.08. The van der Waals surface area contributed by atoms with E-state index in [0.29, 0.717) is 12.0 Å². The van der Waals surface area contributed by atoms with Crippen molar-refractivity contribution in [1.82, 2.24) is 9.62 Å². The summed E-state index contributed by atoms with van der Waals surface area (Å²) in [5.41, 5.74) is 0.626. The molecule has 0 radical (unpaired) electrons. The lowest BCUT2D eigenvalue weighted by atomic mass is 10.0. The maximum atomic E-state index is 13.8. The number of carbonyl (C=O) groups excluding carboxylic acids is 1. The Labute approximate surface area is 131 Å². The fourth-order valence-corrected chi connectivity index (χ4v) is 3.41. The summed E-state index contributed by atoms with van der Waals surface area (Å²) in [6.45, 7) is 5.45. The van der Waals surface area contributed by atoms with Gasteiger partial charge in [0.1, 0.15) is 16.8 Å². The van der Waals surface area contributed by atoms with Gasteiger partial charge in [0, 0.05) is 14.1 Å². The second-order valence-electron chi connectivity index (χ2n) is 5.97. The lowest BCUT2D eigenvalue weighted by molar-refractivity contribution is -0.130. The standard InChI is InChI=1S/C15H23FN2O3S/c1-10(2)8-13(15(19)18(4)5)17-22(20,21)14-9-11(3)6-7-12(14)16/h6-7,9-10,13,17H,8H2,1-5H3. The molecule has 0 aliphatic heterocycles. The Morgan fingerprint density at radius 2 is 1.91 bits per heavy atom. The highest BCUT2D eigenvalue weighted by Crippen LogP contribution is 2.18. The minimum atomic E-state index is -4.11. The average Bonchev–Trinajstić information content (AvgIpc) is 2.38. The molecule has 0 heterocycles. The Balaban J connectivity index is 3.15. The van der Waals surface area contributed by atoms with Crippen molar-refractivity contribution in [3.05, 3.63) is 29.6 Å². The van der Waals surface area contributed by atoms with Crippen molar-refractivity contribution in [1.29, 1.82) is 0 Å². The van der Waals surface area contributed by atoms with Crippen LogP contribution >= 0.6 is 0 Å². The molecule has 7 heteroatoms. The quantitative estimate of drug-likeness (QED) is 0.866. The van der Waals surface area contributed by atoms with Gasteiger partial charge in [-0.25, -0.2) is 12.8 Å². The molecule has 1 N–H and O–H groups in total. The van der Waals surface area contributed by atoms with Crippen LogP contribution in [-0.2, 0) is 14.8 Å². The molecule has 5 nitrogen and oxygen atoms in total. The molecule has 1 atom stereocenters. The van der Waals surface area contributed by atoms with Crippen LogP contribution in [0.5, 0.6) is 0 Å². The highest BCUT2D eigenvalue weighted by Gasteiger charge is 2.29. The van der Waals surface area contributed by atoms with Crippen LogP contribution in [-0.4, -0.2) is 39.4 Å². The molecule has 0 saturated heterocycles. The molecule has 0 spiro atoms. The minimum absolute atomic E-state index is 0.110. The van der Waals surface area contributed by atoms with Crippen LogP contribution in [0.15, 0.2) is 23.1 Å². The number of hydrogen-bond donors (Lipinski definition) is 1. The summed E-state index contributed by atoms with van der Waals surface area (Å²) < 4.78 is 41.0. The Kier molecular flexibility index (Phi) is 6.08. The lowest BCUT2D eigenvalue weighted by Gasteiger charge is -2.23. The van der Waals surface area contributed by atoms with Crippen molar-refractivity contribution >= 4 is 15.9 Å². The van der Waals surface area contributed by atoms with E-state index in [1.165, 1.54) is 17.0 Å². The van der Waals surface area contributed by atoms with Gasteiger partial charge in [0.2, 0.25) is 15.9 Å². The van der Waals surface area contributed by atoms with E-state index in [4.69, 9.17) is 0 Å². The number of sulfonamides is 1. The third-order valence-corrected chi connectivity index (χ3v) is 4.61. The minimum Gasteiger partial charge on any atom is -0.347 e. The van der Waals surface area contributed by atoms with Crippen LogP contribution in [0.1, 0.15) is 25.8 Å². The molecule has 1 unspecified atom stereocenters. The summed E-state index contributed by atoms with van der Waals surface area (Å²) >= 11 is 0. The second kappa shape index (κ2) is 7.19. The predicted molar refractivity (Wildman–Crippen MR) is 83.4 cm³/mol. The fraction of sp³-hybridized carbons (Fsp3) is 0.533. The molecule has 0 fully saturated rings. The molecule has 0 aliphatic carbocycles. The largest absolute Gasteiger partial charge is 0.347 e. The molecule has 1 aromatic rings. The zero-order valence-corrected chi connectivity index (χ0v) is 14.4. The van der Waals surface area contributed by atoms with Crippen LogP contribution in [0, 0.1) is 18.7 Å². The molecule has 1 rings (SSSR count). The van der Waals surface area contributed by atoms with Crippen molar-refractivity contribution < 1.29 is 17.6 Å². The average molecular weight is 330 g/mol. The number of nitrogens with one attached hydrogen (secondary N) is 1. The van der Waals surface area contributed by atoms with Gasteiger partial charge in [0.05, 0.1) is 0 Å². The number of nitrogens with zero attached hydrogens (tertiary/aromatic N) is 1. The van der Waals surface area contributed by atoms with Crippen molar-refractivity contribution in [2.24, 2.45) is 5.92 Å². The highest BCUT2D eigenvalue weighted by molar-refractivity contribution is 7.89. The number of hydrogen-bond acceptors (Lipinski definition) is 3. The van der Waals surface area contributed by atoms with Crippen molar-refractivity contribution in [2.75, 3.05) is 14.1 Å². The first kappa shape index (κ1) is 18.6. The van der Waals surface area contributed by atoms with Crippen LogP contribution in [0.4, 0.5) is 4.39 Å². The molecule has 0 bridgehead atoms. The third-order valence-electron chi connectivity index (χ3n) is 3.12. The molecule has 124 valence electrons. The van der Waals surface area contributed by atoms with Gasteiger partial charge in [-0.05, 0) is 37.0 Å². The molecule has 1 amide bonds. The van der Waals surface area contributed by atoms with E-state index in [9.17, 15) is 17.6 Å². The predicted octanol–water partition coefficient (Wildman–Crippen LogP) is 1.92. The fourth-order valence-electron chi connectivity index (χ4n) is 2.05. The first-order valence-corrected chi connectivity index (χ1v) is 8.52. The maximum absolute atomic E-state index is 13.8. The summed E-state index contributed by atoms with van der Waals surface area (Å²) in [6.07, 6.45) is 0.337. The summed E-state index contributed by atoms with van der Waals surface area (Å²) in [4.78, 5) is 13.0. The molecule has 0 aliphatic rings. The number of benzene rings is 1. The van der Waals surface area contributed by atoms with Crippen molar-refractivity contribution in [3.8, 4) is 0 Å². The van der Waals surface area contributed by atoms with Crippen molar-refractivity contribution in [2.45, 2.75) is 38.1 Å². The van der Waals surface area contributed by atoms with Crippen LogP contribution in [0.25, 0.3) is 0 Å². The number of halogens is 1. The molecular weight excluding hydrogens is 307 g/mol. The number of aryl methyl sites for hydroxylation is 1. The van der Waals surface area contributed by atoms with Gasteiger partial charge >= 0.3 is 0 Å². The Bertz CT molecular complexity index is 642. The first-order chi connectivity index (χ1) is 10.0. The van der Waals surface area contributed by atoms with Gasteiger partial charge in [-0.15, -0.1) is 0 Å². The van der Waals surface area contributed by atoms with Gasteiger partial charge in [0.25, 0.3) is 0 Å². The van der Waals surface area contributed by atoms with E-state index in [0.717, 1.165) is 6.07 Å². The molecular formula is C15H23FN2O3S. The molecule has 0 aromatic heterocycles. The monoisotopic (exact) mass is 330 g/mol. The molecule has 1 aromatic carbocycles. The zero-order chi connectivity index (χ0) is 17.1. The number of carbonyl (C=O) groups is 1. The van der Waals surface area contributed by atoms with Crippen LogP contribution in [0.3, 0.4) is 0 Å². The van der Waals surface area contributed by atoms with Crippen LogP contribution in [0.2, 0.25) is 0 Å². The van der Waals surface area contributed by atoms with Gasteiger partial charge in [0.15, 0.2) is 0 Å². The lowest BCUT2D eigenvalue weighted by Crippen LogP contribution is -2.47. The maximum Gasteiger partial charge on any atom is 0.244 e. The van der Waals surface area contributed by atoms with Gasteiger partial charge in [-0.2, -0.15) is 4.72 Å². The first-order valence-electron chi connectivity index (χ1n) is 7.04. The Hall–Kier alpha value is -1.47. The SMILES string of the molecule is Cc1ccc(F)c(S(=O)(=O)NC(CC(C)C)C(=O)N(C)C)c1. The van der Waals surface area contributed by atoms with E-state index < -0.39 is 26.8 Å².